The highest BCUT2D eigenvalue weighted by Crippen LogP contribution is 2.41. The molecule has 1 saturated heterocycles. The van der Waals surface area contributed by atoms with Crippen LogP contribution in [-0.2, 0) is 21.2 Å². The van der Waals surface area contributed by atoms with Gasteiger partial charge in [0.25, 0.3) is 0 Å². The standard InChI is InChI=1S/C24H30N2O4S2/c1-17(18-9-10-22-20(15-18)16-19-7-5-6-8-21(19)31-22)32(28,29)26-13-11-25(12-14-26)23(27)30-24(2,3)4/h5-10,15,17H,11-14,16H2,1-4H3. The summed E-state index contributed by atoms with van der Waals surface area (Å²) in [5, 5.41) is -0.650. The van der Waals surface area contributed by atoms with Crippen molar-refractivity contribution < 1.29 is 17.9 Å². The second-order valence-corrected chi connectivity index (χ2v) is 12.6. The van der Waals surface area contributed by atoms with E-state index in [1.165, 1.54) is 25.2 Å². The first-order valence-corrected chi connectivity index (χ1v) is 13.2. The van der Waals surface area contributed by atoms with Gasteiger partial charge in [0.05, 0.1) is 5.25 Å². The van der Waals surface area contributed by atoms with Crippen LogP contribution in [-0.4, -0.2) is 55.5 Å². The van der Waals surface area contributed by atoms with E-state index in [9.17, 15) is 13.2 Å². The number of hydrogen-bond acceptors (Lipinski definition) is 5. The van der Waals surface area contributed by atoms with Gasteiger partial charge in [-0.2, -0.15) is 4.31 Å². The van der Waals surface area contributed by atoms with Crippen LogP contribution in [0.25, 0.3) is 0 Å². The predicted octanol–water partition coefficient (Wildman–Crippen LogP) is 4.69. The van der Waals surface area contributed by atoms with Gasteiger partial charge in [0.1, 0.15) is 5.60 Å². The Kier molecular flexibility index (Phi) is 6.31. The number of sulfonamides is 1. The highest BCUT2D eigenvalue weighted by molar-refractivity contribution is 7.99. The lowest BCUT2D eigenvalue weighted by Crippen LogP contribution is -2.52. The Morgan fingerprint density at radius 2 is 1.66 bits per heavy atom. The third-order valence-electron chi connectivity index (χ3n) is 5.82. The van der Waals surface area contributed by atoms with Crippen LogP contribution in [0.3, 0.4) is 0 Å². The first-order valence-electron chi connectivity index (χ1n) is 10.9. The molecule has 1 unspecified atom stereocenters. The molecule has 172 valence electrons. The van der Waals surface area contributed by atoms with Crippen molar-refractivity contribution in [2.75, 3.05) is 26.2 Å². The Hall–Kier alpha value is -2.03. The molecular formula is C24H30N2O4S2. The molecule has 0 radical (unpaired) electrons. The molecular weight excluding hydrogens is 444 g/mol. The van der Waals surface area contributed by atoms with Gasteiger partial charge in [0.2, 0.25) is 10.0 Å². The van der Waals surface area contributed by atoms with Crippen LogP contribution in [0, 0.1) is 0 Å². The molecule has 2 aromatic carbocycles. The van der Waals surface area contributed by atoms with Crippen molar-refractivity contribution in [3.8, 4) is 0 Å². The fraction of sp³-hybridized carbons (Fsp3) is 0.458. The number of rotatable bonds is 3. The number of benzene rings is 2. The van der Waals surface area contributed by atoms with E-state index in [0.29, 0.717) is 13.1 Å². The molecule has 0 spiro atoms. The maximum atomic E-state index is 13.3. The van der Waals surface area contributed by atoms with Crippen molar-refractivity contribution in [1.29, 1.82) is 0 Å². The summed E-state index contributed by atoms with van der Waals surface area (Å²) in [4.78, 5) is 16.3. The SMILES string of the molecule is CC(c1ccc2c(c1)Cc1ccccc1S2)S(=O)(=O)N1CCN(C(=O)OC(C)(C)C)CC1. The van der Waals surface area contributed by atoms with E-state index in [2.05, 4.69) is 12.1 Å². The van der Waals surface area contributed by atoms with Crippen LogP contribution in [0.2, 0.25) is 0 Å². The van der Waals surface area contributed by atoms with Gasteiger partial charge in [-0.05, 0) is 62.9 Å². The highest BCUT2D eigenvalue weighted by Gasteiger charge is 2.35. The molecule has 1 amide bonds. The molecule has 2 heterocycles. The first-order chi connectivity index (χ1) is 15.0. The van der Waals surface area contributed by atoms with E-state index in [4.69, 9.17) is 4.74 Å². The Bertz CT molecular complexity index is 1120. The second-order valence-electron chi connectivity index (χ2n) is 9.31. The lowest BCUT2D eigenvalue weighted by Gasteiger charge is -2.36. The van der Waals surface area contributed by atoms with Gasteiger partial charge in [0.15, 0.2) is 0 Å². The van der Waals surface area contributed by atoms with Crippen molar-refractivity contribution in [2.45, 2.75) is 54.8 Å². The fourth-order valence-electron chi connectivity index (χ4n) is 4.01. The maximum Gasteiger partial charge on any atom is 0.410 e. The molecule has 2 aliphatic heterocycles. The number of carbonyl (C=O) groups excluding carboxylic acids is 1. The number of fused-ring (bicyclic) bond motifs is 2. The van der Waals surface area contributed by atoms with Gasteiger partial charge in [-0.25, -0.2) is 13.2 Å². The monoisotopic (exact) mass is 474 g/mol. The largest absolute Gasteiger partial charge is 0.444 e. The number of nitrogens with zero attached hydrogens (tertiary/aromatic N) is 2. The molecule has 0 aromatic heterocycles. The molecule has 1 atom stereocenters. The quantitative estimate of drug-likeness (QED) is 0.551. The summed E-state index contributed by atoms with van der Waals surface area (Å²) in [6.45, 7) is 8.44. The maximum absolute atomic E-state index is 13.3. The van der Waals surface area contributed by atoms with E-state index in [-0.39, 0.29) is 13.1 Å². The number of hydrogen-bond donors (Lipinski definition) is 0. The summed E-state index contributed by atoms with van der Waals surface area (Å²) >= 11 is 1.74. The van der Waals surface area contributed by atoms with Crippen LogP contribution < -0.4 is 0 Å². The van der Waals surface area contributed by atoms with E-state index in [1.54, 1.807) is 23.6 Å². The van der Waals surface area contributed by atoms with Gasteiger partial charge < -0.3 is 9.64 Å². The van der Waals surface area contributed by atoms with Crippen molar-refractivity contribution in [3.63, 3.8) is 0 Å². The van der Waals surface area contributed by atoms with Gasteiger partial charge in [-0.3, -0.25) is 0 Å². The second kappa shape index (κ2) is 8.72. The molecule has 6 nitrogen and oxygen atoms in total. The Balaban J connectivity index is 1.45. The summed E-state index contributed by atoms with van der Waals surface area (Å²) in [6, 6.07) is 14.3. The lowest BCUT2D eigenvalue weighted by molar-refractivity contribution is 0.0192. The Morgan fingerprint density at radius 1 is 1.00 bits per heavy atom. The highest BCUT2D eigenvalue weighted by atomic mass is 32.2. The molecule has 4 rings (SSSR count). The van der Waals surface area contributed by atoms with E-state index >= 15 is 0 Å². The number of carbonyl (C=O) groups is 1. The van der Waals surface area contributed by atoms with Gasteiger partial charge in [0, 0.05) is 36.0 Å². The molecule has 2 aliphatic rings. The smallest absolute Gasteiger partial charge is 0.410 e. The molecule has 0 N–H and O–H groups in total. The van der Waals surface area contributed by atoms with Crippen molar-refractivity contribution in [1.82, 2.24) is 9.21 Å². The van der Waals surface area contributed by atoms with Crippen molar-refractivity contribution >= 4 is 27.9 Å². The average Bonchev–Trinajstić information content (AvgIpc) is 2.75. The van der Waals surface area contributed by atoms with Crippen LogP contribution >= 0.6 is 11.8 Å². The number of amides is 1. The molecule has 32 heavy (non-hydrogen) atoms. The molecule has 0 bridgehead atoms. The van der Waals surface area contributed by atoms with Crippen LogP contribution in [0.4, 0.5) is 4.79 Å². The molecule has 0 saturated carbocycles. The number of piperazine rings is 1. The third kappa shape index (κ3) is 4.82. The lowest BCUT2D eigenvalue weighted by atomic mass is 10.0. The average molecular weight is 475 g/mol. The van der Waals surface area contributed by atoms with Crippen LogP contribution in [0.5, 0.6) is 0 Å². The zero-order chi connectivity index (χ0) is 23.1. The Morgan fingerprint density at radius 3 is 2.34 bits per heavy atom. The zero-order valence-electron chi connectivity index (χ0n) is 19.0. The van der Waals surface area contributed by atoms with E-state index < -0.39 is 27.0 Å². The van der Waals surface area contributed by atoms with Gasteiger partial charge in [-0.15, -0.1) is 0 Å². The summed E-state index contributed by atoms with van der Waals surface area (Å²) in [5.41, 5.74) is 2.68. The van der Waals surface area contributed by atoms with E-state index in [1.807, 2.05) is 51.1 Å². The summed E-state index contributed by atoms with van der Waals surface area (Å²) in [5.74, 6) is 0. The van der Waals surface area contributed by atoms with Crippen LogP contribution in [0.1, 0.15) is 49.6 Å². The normalized spacial score (nSPS) is 17.9. The predicted molar refractivity (Wildman–Crippen MR) is 127 cm³/mol. The molecule has 8 heteroatoms. The summed E-state index contributed by atoms with van der Waals surface area (Å²) < 4.78 is 33.6. The third-order valence-corrected chi connectivity index (χ3v) is 9.31. The Labute approximate surface area is 195 Å². The minimum Gasteiger partial charge on any atom is -0.444 e. The minimum atomic E-state index is -3.54. The van der Waals surface area contributed by atoms with Gasteiger partial charge >= 0.3 is 6.09 Å². The summed E-state index contributed by atoms with van der Waals surface area (Å²) in [7, 11) is -3.54. The number of ether oxygens (including phenoxy) is 1. The van der Waals surface area contributed by atoms with Crippen molar-refractivity contribution in [2.24, 2.45) is 0 Å². The van der Waals surface area contributed by atoms with Crippen LogP contribution in [0.15, 0.2) is 52.3 Å². The first kappa shape index (κ1) is 23.1. The minimum absolute atomic E-state index is 0.278. The zero-order valence-corrected chi connectivity index (χ0v) is 20.6. The van der Waals surface area contributed by atoms with E-state index in [0.717, 1.165) is 12.0 Å². The fourth-order valence-corrected chi connectivity index (χ4v) is 6.67. The van der Waals surface area contributed by atoms with Gasteiger partial charge in [-0.1, -0.05) is 42.1 Å². The molecule has 1 fully saturated rings. The molecule has 2 aromatic rings. The topological polar surface area (TPSA) is 66.9 Å². The molecule has 0 aliphatic carbocycles. The summed E-state index contributed by atoms with van der Waals surface area (Å²) in [6.07, 6.45) is 0.420. The van der Waals surface area contributed by atoms with Crippen molar-refractivity contribution in [3.05, 3.63) is 59.2 Å².